The number of nitrogens with zero attached hydrogens (tertiary/aromatic N) is 1. The van der Waals surface area contributed by atoms with Gasteiger partial charge in [-0.1, -0.05) is 33.6 Å². The molecule has 1 heterocycles. The van der Waals surface area contributed by atoms with Crippen molar-refractivity contribution in [2.24, 2.45) is 17.3 Å². The first-order chi connectivity index (χ1) is 9.00. The maximum atomic E-state index is 3.59. The smallest absolute Gasteiger partial charge is 0.0220 e. The van der Waals surface area contributed by atoms with E-state index in [0.717, 1.165) is 17.9 Å². The number of piperidine rings is 1. The minimum absolute atomic E-state index is 0.500. The summed E-state index contributed by atoms with van der Waals surface area (Å²) in [5.41, 5.74) is 0.500. The molecule has 2 heteroatoms. The Morgan fingerprint density at radius 3 is 2.11 bits per heavy atom. The van der Waals surface area contributed by atoms with Crippen LogP contribution in [0.1, 0.15) is 59.3 Å². The van der Waals surface area contributed by atoms with E-state index in [1.807, 2.05) is 0 Å². The first-order valence-corrected chi connectivity index (χ1v) is 8.40. The fraction of sp³-hybridized carbons (Fsp3) is 1.00. The third-order valence-electron chi connectivity index (χ3n) is 5.61. The summed E-state index contributed by atoms with van der Waals surface area (Å²) in [7, 11) is 2.16. The van der Waals surface area contributed by atoms with Crippen LogP contribution in [0, 0.1) is 17.3 Å². The average molecular weight is 266 g/mol. The predicted octanol–water partition coefficient (Wildman–Crippen LogP) is 3.52. The van der Waals surface area contributed by atoms with Gasteiger partial charge in [-0.05, 0) is 63.1 Å². The van der Waals surface area contributed by atoms with Gasteiger partial charge >= 0.3 is 0 Å². The summed E-state index contributed by atoms with van der Waals surface area (Å²) in [4.78, 5) is 2.71. The third-order valence-corrected chi connectivity index (χ3v) is 5.61. The van der Waals surface area contributed by atoms with Gasteiger partial charge in [-0.2, -0.15) is 0 Å². The molecule has 112 valence electrons. The Morgan fingerprint density at radius 2 is 1.63 bits per heavy atom. The Bertz CT molecular complexity index is 255. The highest BCUT2D eigenvalue weighted by atomic mass is 15.2. The summed E-state index contributed by atoms with van der Waals surface area (Å²) in [6.45, 7) is 11.1. The van der Waals surface area contributed by atoms with Crippen molar-refractivity contribution >= 4 is 0 Å². The summed E-state index contributed by atoms with van der Waals surface area (Å²) >= 11 is 0. The average Bonchev–Trinajstić information content (AvgIpc) is 2.89. The van der Waals surface area contributed by atoms with Gasteiger partial charge in [0.15, 0.2) is 0 Å². The summed E-state index contributed by atoms with van der Waals surface area (Å²) in [5.74, 6) is 1.86. The van der Waals surface area contributed by atoms with Crippen LogP contribution in [-0.2, 0) is 0 Å². The third kappa shape index (κ3) is 4.19. The first-order valence-electron chi connectivity index (χ1n) is 8.40. The monoisotopic (exact) mass is 266 g/mol. The maximum Gasteiger partial charge on any atom is 0.0220 e. The lowest BCUT2D eigenvalue weighted by atomic mass is 9.75. The molecule has 0 spiro atoms. The fourth-order valence-corrected chi connectivity index (χ4v) is 4.10. The molecule has 2 aliphatic rings. The van der Waals surface area contributed by atoms with Crippen molar-refractivity contribution < 1.29 is 0 Å². The van der Waals surface area contributed by atoms with Crippen LogP contribution >= 0.6 is 0 Å². The molecule has 2 nitrogen and oxygen atoms in total. The molecule has 0 radical (unpaired) electrons. The van der Waals surface area contributed by atoms with Crippen LogP contribution in [0.3, 0.4) is 0 Å². The molecule has 1 saturated carbocycles. The summed E-state index contributed by atoms with van der Waals surface area (Å²) in [5, 5.41) is 3.59. The molecule has 1 aliphatic heterocycles. The van der Waals surface area contributed by atoms with E-state index in [1.165, 1.54) is 58.2 Å². The van der Waals surface area contributed by atoms with Crippen LogP contribution in [0.25, 0.3) is 0 Å². The van der Waals surface area contributed by atoms with Crippen molar-refractivity contribution in [1.82, 2.24) is 10.2 Å². The zero-order chi connectivity index (χ0) is 13.9. The molecule has 1 saturated heterocycles. The van der Waals surface area contributed by atoms with E-state index < -0.39 is 0 Å². The van der Waals surface area contributed by atoms with E-state index in [1.54, 1.807) is 0 Å². The lowest BCUT2D eigenvalue weighted by Crippen LogP contribution is -2.47. The molecule has 1 aliphatic carbocycles. The van der Waals surface area contributed by atoms with Gasteiger partial charge in [0.1, 0.15) is 0 Å². The largest absolute Gasteiger partial charge is 0.315 e. The quantitative estimate of drug-likeness (QED) is 0.837. The normalized spacial score (nSPS) is 25.9. The molecule has 2 rings (SSSR count). The fourth-order valence-electron chi connectivity index (χ4n) is 4.10. The second-order valence-electron chi connectivity index (χ2n) is 7.88. The minimum atomic E-state index is 0.500. The van der Waals surface area contributed by atoms with Gasteiger partial charge in [0.05, 0.1) is 0 Å². The molecule has 19 heavy (non-hydrogen) atoms. The van der Waals surface area contributed by atoms with Crippen molar-refractivity contribution in [3.8, 4) is 0 Å². The van der Waals surface area contributed by atoms with Crippen molar-refractivity contribution in [3.63, 3.8) is 0 Å². The zero-order valence-electron chi connectivity index (χ0n) is 13.5. The number of likely N-dealkylation sites (tertiary alicyclic amines) is 1. The number of hydrogen-bond acceptors (Lipinski definition) is 2. The Kier molecular flexibility index (Phi) is 5.30. The molecular weight excluding hydrogens is 232 g/mol. The Hall–Kier alpha value is -0.0800. The van der Waals surface area contributed by atoms with E-state index in [9.17, 15) is 0 Å². The molecule has 2 fully saturated rings. The van der Waals surface area contributed by atoms with Crippen LogP contribution in [-0.4, -0.2) is 37.6 Å². The van der Waals surface area contributed by atoms with Crippen molar-refractivity contribution in [1.29, 1.82) is 0 Å². The predicted molar refractivity (Wildman–Crippen MR) is 83.4 cm³/mol. The number of nitrogens with one attached hydrogen (secondary N) is 1. The molecule has 0 bridgehead atoms. The minimum Gasteiger partial charge on any atom is -0.315 e. The molecule has 0 aromatic heterocycles. The van der Waals surface area contributed by atoms with Crippen LogP contribution in [0.4, 0.5) is 0 Å². The Labute approximate surface area is 120 Å². The highest BCUT2D eigenvalue weighted by molar-refractivity contribution is 4.86. The van der Waals surface area contributed by atoms with Crippen molar-refractivity contribution in [2.75, 3.05) is 26.7 Å². The summed E-state index contributed by atoms with van der Waals surface area (Å²) < 4.78 is 0. The molecule has 0 aromatic rings. The number of rotatable bonds is 4. The summed E-state index contributed by atoms with van der Waals surface area (Å²) in [6, 6.07) is 0.730. The van der Waals surface area contributed by atoms with Crippen LogP contribution < -0.4 is 5.32 Å². The SMILES string of the molecule is CNC(CN1CCC(C(C)(C)C)CC1)C1CCCC1. The van der Waals surface area contributed by atoms with Crippen molar-refractivity contribution in [2.45, 2.75) is 65.3 Å². The lowest BCUT2D eigenvalue weighted by molar-refractivity contribution is 0.0994. The van der Waals surface area contributed by atoms with Gasteiger partial charge in [0.2, 0.25) is 0 Å². The van der Waals surface area contributed by atoms with Crippen LogP contribution in [0.15, 0.2) is 0 Å². The summed E-state index contributed by atoms with van der Waals surface area (Å²) in [6.07, 6.45) is 8.59. The topological polar surface area (TPSA) is 15.3 Å². The van der Waals surface area contributed by atoms with E-state index >= 15 is 0 Å². The molecule has 0 amide bonds. The van der Waals surface area contributed by atoms with Gasteiger partial charge in [-0.3, -0.25) is 0 Å². The highest BCUT2D eigenvalue weighted by Gasteiger charge is 2.31. The Balaban J connectivity index is 1.77. The standard InChI is InChI=1S/C17H34N2/c1-17(2,3)15-9-11-19(12-10-15)13-16(18-4)14-7-5-6-8-14/h14-16,18H,5-13H2,1-4H3. The van der Waals surface area contributed by atoms with Gasteiger partial charge in [-0.25, -0.2) is 0 Å². The van der Waals surface area contributed by atoms with E-state index in [4.69, 9.17) is 0 Å². The van der Waals surface area contributed by atoms with E-state index in [-0.39, 0.29) is 0 Å². The lowest BCUT2D eigenvalue weighted by Gasteiger charge is -2.40. The Morgan fingerprint density at radius 1 is 1.05 bits per heavy atom. The van der Waals surface area contributed by atoms with Gasteiger partial charge in [0.25, 0.3) is 0 Å². The van der Waals surface area contributed by atoms with Gasteiger partial charge < -0.3 is 10.2 Å². The van der Waals surface area contributed by atoms with E-state index in [0.29, 0.717) is 5.41 Å². The second kappa shape index (κ2) is 6.58. The molecule has 0 aromatic carbocycles. The van der Waals surface area contributed by atoms with Gasteiger partial charge in [0, 0.05) is 12.6 Å². The van der Waals surface area contributed by atoms with Crippen LogP contribution in [0.5, 0.6) is 0 Å². The number of hydrogen-bond donors (Lipinski definition) is 1. The molecule has 1 N–H and O–H groups in total. The number of likely N-dealkylation sites (N-methyl/N-ethyl adjacent to an activating group) is 1. The van der Waals surface area contributed by atoms with Gasteiger partial charge in [-0.15, -0.1) is 0 Å². The van der Waals surface area contributed by atoms with Crippen LogP contribution in [0.2, 0.25) is 0 Å². The van der Waals surface area contributed by atoms with E-state index in [2.05, 4.69) is 38.0 Å². The maximum absolute atomic E-state index is 3.59. The molecule has 1 atom stereocenters. The molecular formula is C17H34N2. The second-order valence-corrected chi connectivity index (χ2v) is 7.88. The molecule has 1 unspecified atom stereocenters. The first kappa shape index (κ1) is 15.3. The van der Waals surface area contributed by atoms with Crippen molar-refractivity contribution in [3.05, 3.63) is 0 Å². The highest BCUT2D eigenvalue weighted by Crippen LogP contribution is 2.35. The zero-order valence-corrected chi connectivity index (χ0v) is 13.5.